The van der Waals surface area contributed by atoms with E-state index in [9.17, 15) is 9.59 Å². The molecule has 2 rings (SSSR count). The van der Waals surface area contributed by atoms with Crippen molar-refractivity contribution in [3.8, 4) is 0 Å². The van der Waals surface area contributed by atoms with Gasteiger partial charge in [-0.1, -0.05) is 32.5 Å². The van der Waals surface area contributed by atoms with Crippen LogP contribution in [-0.2, 0) is 16.1 Å². The molecule has 0 aliphatic heterocycles. The lowest BCUT2D eigenvalue weighted by molar-refractivity contribution is -0.114. The number of nitrogens with zero attached hydrogens (tertiary/aromatic N) is 3. The standard InChI is InChI=1S/C18H25N5O2S/c1-5-10-23-17(12(2)3)21-22-18(23)26-11-16(25)20-15-8-6-14(7-9-15)19-13(4)24/h6-9,12H,5,10-11H2,1-4H3,(H,19,24)(H,20,25). The molecule has 2 aromatic rings. The van der Waals surface area contributed by atoms with Gasteiger partial charge >= 0.3 is 0 Å². The molecule has 7 nitrogen and oxygen atoms in total. The number of aromatic nitrogens is 3. The van der Waals surface area contributed by atoms with Gasteiger partial charge in [0.15, 0.2) is 5.16 Å². The molecule has 0 saturated carbocycles. The largest absolute Gasteiger partial charge is 0.326 e. The Morgan fingerprint density at radius 3 is 2.27 bits per heavy atom. The van der Waals surface area contributed by atoms with E-state index in [0.717, 1.165) is 23.9 Å². The van der Waals surface area contributed by atoms with Crippen molar-refractivity contribution in [2.45, 2.75) is 51.7 Å². The van der Waals surface area contributed by atoms with Crippen LogP contribution in [-0.4, -0.2) is 32.3 Å². The molecular formula is C18H25N5O2S. The highest BCUT2D eigenvalue weighted by molar-refractivity contribution is 7.99. The van der Waals surface area contributed by atoms with E-state index in [2.05, 4.69) is 46.2 Å². The van der Waals surface area contributed by atoms with Gasteiger partial charge in [-0.05, 0) is 30.7 Å². The van der Waals surface area contributed by atoms with Crippen molar-refractivity contribution in [1.29, 1.82) is 0 Å². The third kappa shape index (κ3) is 5.59. The number of thioether (sulfide) groups is 1. The minimum atomic E-state index is -0.129. The maximum Gasteiger partial charge on any atom is 0.234 e. The lowest BCUT2D eigenvalue weighted by Gasteiger charge is -2.11. The first-order valence-corrected chi connectivity index (χ1v) is 9.62. The topological polar surface area (TPSA) is 88.9 Å². The fraction of sp³-hybridized carbons (Fsp3) is 0.444. The zero-order valence-electron chi connectivity index (χ0n) is 15.6. The van der Waals surface area contributed by atoms with Crippen molar-refractivity contribution in [3.05, 3.63) is 30.1 Å². The van der Waals surface area contributed by atoms with E-state index in [1.54, 1.807) is 24.3 Å². The number of hydrogen-bond donors (Lipinski definition) is 2. The Balaban J connectivity index is 1.93. The van der Waals surface area contributed by atoms with Gasteiger partial charge in [-0.15, -0.1) is 10.2 Å². The van der Waals surface area contributed by atoms with Gasteiger partial charge in [-0.3, -0.25) is 9.59 Å². The number of anilines is 2. The van der Waals surface area contributed by atoms with Crippen molar-refractivity contribution in [2.75, 3.05) is 16.4 Å². The number of carbonyl (C=O) groups is 2. The summed E-state index contributed by atoms with van der Waals surface area (Å²) in [5, 5.41) is 14.8. The number of nitrogens with one attached hydrogen (secondary N) is 2. The Hall–Kier alpha value is -2.35. The summed E-state index contributed by atoms with van der Waals surface area (Å²) >= 11 is 1.38. The SMILES string of the molecule is CCCn1c(SCC(=O)Nc2ccc(NC(C)=O)cc2)nnc1C(C)C. The Bertz CT molecular complexity index is 755. The number of carbonyl (C=O) groups excluding carboxylic acids is 2. The molecule has 0 bridgehead atoms. The van der Waals surface area contributed by atoms with Gasteiger partial charge in [0.2, 0.25) is 11.8 Å². The van der Waals surface area contributed by atoms with E-state index in [1.165, 1.54) is 18.7 Å². The average Bonchev–Trinajstić information content (AvgIpc) is 2.98. The Labute approximate surface area is 158 Å². The molecule has 2 amide bonds. The highest BCUT2D eigenvalue weighted by Gasteiger charge is 2.16. The first-order valence-electron chi connectivity index (χ1n) is 8.64. The highest BCUT2D eigenvalue weighted by Crippen LogP contribution is 2.22. The van der Waals surface area contributed by atoms with Gasteiger partial charge in [0.05, 0.1) is 5.75 Å². The van der Waals surface area contributed by atoms with E-state index >= 15 is 0 Å². The van der Waals surface area contributed by atoms with Gasteiger partial charge in [-0.2, -0.15) is 0 Å². The van der Waals surface area contributed by atoms with Gasteiger partial charge < -0.3 is 15.2 Å². The van der Waals surface area contributed by atoms with Crippen molar-refractivity contribution >= 4 is 35.0 Å². The quantitative estimate of drug-likeness (QED) is 0.689. The molecule has 0 saturated heterocycles. The smallest absolute Gasteiger partial charge is 0.234 e. The molecule has 0 atom stereocenters. The molecule has 0 unspecified atom stereocenters. The second kappa shape index (κ2) is 9.38. The Morgan fingerprint density at radius 1 is 1.12 bits per heavy atom. The molecule has 26 heavy (non-hydrogen) atoms. The second-order valence-electron chi connectivity index (χ2n) is 6.24. The van der Waals surface area contributed by atoms with Gasteiger partial charge in [0, 0.05) is 30.8 Å². The van der Waals surface area contributed by atoms with E-state index < -0.39 is 0 Å². The van der Waals surface area contributed by atoms with Crippen LogP contribution < -0.4 is 10.6 Å². The molecule has 1 heterocycles. The Kier molecular flexibility index (Phi) is 7.20. The molecule has 1 aromatic carbocycles. The molecule has 0 spiro atoms. The summed E-state index contributed by atoms with van der Waals surface area (Å²) in [6.07, 6.45) is 0.984. The molecule has 0 radical (unpaired) electrons. The fourth-order valence-corrected chi connectivity index (χ4v) is 3.21. The Morgan fingerprint density at radius 2 is 1.73 bits per heavy atom. The predicted octanol–water partition coefficient (Wildman–Crippen LogP) is 3.50. The zero-order chi connectivity index (χ0) is 19.1. The summed E-state index contributed by atoms with van der Waals surface area (Å²) < 4.78 is 2.09. The average molecular weight is 375 g/mol. The number of amides is 2. The third-order valence-electron chi connectivity index (χ3n) is 3.53. The van der Waals surface area contributed by atoms with Crippen molar-refractivity contribution in [3.63, 3.8) is 0 Å². The van der Waals surface area contributed by atoms with Crippen LogP contribution in [0.4, 0.5) is 11.4 Å². The van der Waals surface area contributed by atoms with E-state index in [-0.39, 0.29) is 17.6 Å². The maximum atomic E-state index is 12.2. The van der Waals surface area contributed by atoms with Crippen molar-refractivity contribution in [1.82, 2.24) is 14.8 Å². The van der Waals surface area contributed by atoms with Crippen LogP contribution in [0.25, 0.3) is 0 Å². The molecule has 8 heteroatoms. The highest BCUT2D eigenvalue weighted by atomic mass is 32.2. The van der Waals surface area contributed by atoms with E-state index in [4.69, 9.17) is 0 Å². The van der Waals surface area contributed by atoms with Crippen LogP contribution in [0.3, 0.4) is 0 Å². The zero-order valence-corrected chi connectivity index (χ0v) is 16.4. The van der Waals surface area contributed by atoms with E-state index in [0.29, 0.717) is 17.3 Å². The second-order valence-corrected chi connectivity index (χ2v) is 7.18. The summed E-state index contributed by atoms with van der Waals surface area (Å²) in [6.45, 7) is 8.57. The summed E-state index contributed by atoms with van der Waals surface area (Å²) in [5.41, 5.74) is 1.38. The van der Waals surface area contributed by atoms with Crippen LogP contribution in [0.2, 0.25) is 0 Å². The van der Waals surface area contributed by atoms with Gasteiger partial charge in [0.25, 0.3) is 0 Å². The summed E-state index contributed by atoms with van der Waals surface area (Å²) in [4.78, 5) is 23.2. The monoisotopic (exact) mass is 375 g/mol. The molecule has 0 aliphatic rings. The van der Waals surface area contributed by atoms with Crippen LogP contribution in [0, 0.1) is 0 Å². The van der Waals surface area contributed by atoms with Gasteiger partial charge in [-0.25, -0.2) is 0 Å². The first kappa shape index (κ1) is 20.0. The molecule has 0 aliphatic carbocycles. The van der Waals surface area contributed by atoms with Crippen LogP contribution >= 0.6 is 11.8 Å². The van der Waals surface area contributed by atoms with Gasteiger partial charge in [0.1, 0.15) is 5.82 Å². The fourth-order valence-electron chi connectivity index (χ4n) is 2.44. The number of benzene rings is 1. The summed E-state index contributed by atoms with van der Waals surface area (Å²) in [5.74, 6) is 1.25. The summed E-state index contributed by atoms with van der Waals surface area (Å²) in [6, 6.07) is 7.00. The number of hydrogen-bond acceptors (Lipinski definition) is 5. The molecule has 140 valence electrons. The molecule has 0 fully saturated rings. The molecule has 2 N–H and O–H groups in total. The normalized spacial score (nSPS) is 10.8. The molecular weight excluding hydrogens is 350 g/mol. The lowest BCUT2D eigenvalue weighted by Crippen LogP contribution is -2.15. The lowest BCUT2D eigenvalue weighted by atomic mass is 10.2. The van der Waals surface area contributed by atoms with Crippen LogP contribution in [0.1, 0.15) is 45.9 Å². The predicted molar refractivity (Wildman–Crippen MR) is 105 cm³/mol. The maximum absolute atomic E-state index is 12.2. The minimum absolute atomic E-state index is 0.112. The first-order chi connectivity index (χ1) is 12.4. The number of rotatable bonds is 8. The van der Waals surface area contributed by atoms with Crippen molar-refractivity contribution < 1.29 is 9.59 Å². The van der Waals surface area contributed by atoms with Crippen LogP contribution in [0.5, 0.6) is 0 Å². The third-order valence-corrected chi connectivity index (χ3v) is 4.50. The summed E-state index contributed by atoms with van der Waals surface area (Å²) in [7, 11) is 0. The van der Waals surface area contributed by atoms with Crippen molar-refractivity contribution in [2.24, 2.45) is 0 Å². The van der Waals surface area contributed by atoms with E-state index in [1.807, 2.05) is 0 Å². The minimum Gasteiger partial charge on any atom is -0.326 e. The molecule has 1 aromatic heterocycles. The van der Waals surface area contributed by atoms with Crippen LogP contribution in [0.15, 0.2) is 29.4 Å².